The summed E-state index contributed by atoms with van der Waals surface area (Å²) in [6.07, 6.45) is -15.6. The van der Waals surface area contributed by atoms with Gasteiger partial charge < -0.3 is 94.4 Å². The van der Waals surface area contributed by atoms with Gasteiger partial charge in [-0.3, -0.25) is 0 Å². The molecule has 0 radical (unpaired) electrons. The normalized spacial score (nSPS) is 55.5. The standard InChI is InChI=1S/C45H74O19/c1-18(17-58-42-39(36(54)33(51)28(16-47)61-42)63-40-37(55)34(52)31(49)20(3)59-40)8-11-45(57)19(2)30-26(64-45)14-25-23-7-6-21-12-22(48)13-29(44(21,5)24(23)9-10-43(25,30)4)62-41-38(56)35(53)32(50)27(15-46)60-41/h6,18-20,22-42,46-57H,7-17H2,1-5H3/t18-,19+,20+,22-,23-,24+,25+,26+,27-,28-,29-,30+,31+,32+,33-,34-,35+,36+,37-,38-,39-,40-,41+,42-,43+,44+,45+/m1/s1. The smallest absolute Gasteiger partial charge is 0.187 e. The summed E-state index contributed by atoms with van der Waals surface area (Å²) in [4.78, 5) is 0. The molecule has 0 amide bonds. The predicted molar refractivity (Wildman–Crippen MR) is 219 cm³/mol. The van der Waals surface area contributed by atoms with Gasteiger partial charge in [0.2, 0.25) is 0 Å². The van der Waals surface area contributed by atoms with E-state index in [0.717, 1.165) is 31.3 Å². The summed E-state index contributed by atoms with van der Waals surface area (Å²) in [5, 5.41) is 127. The Balaban J connectivity index is 0.904. The first-order chi connectivity index (χ1) is 30.2. The lowest BCUT2D eigenvalue weighted by molar-refractivity contribution is -0.365. The summed E-state index contributed by atoms with van der Waals surface area (Å²) in [5.41, 5.74) is 0.442. The third kappa shape index (κ3) is 8.36. The van der Waals surface area contributed by atoms with Crippen molar-refractivity contribution >= 4 is 0 Å². The highest BCUT2D eigenvalue weighted by Gasteiger charge is 2.69. The molecule has 27 atom stereocenters. The first-order valence-corrected chi connectivity index (χ1v) is 23.5. The number of aliphatic hydroxyl groups excluding tert-OH is 11. The van der Waals surface area contributed by atoms with Gasteiger partial charge in [-0.05, 0) is 80.5 Å². The predicted octanol–water partition coefficient (Wildman–Crippen LogP) is -1.86. The van der Waals surface area contributed by atoms with E-state index in [9.17, 15) is 61.3 Å². The minimum absolute atomic E-state index is 0.0594. The van der Waals surface area contributed by atoms with Gasteiger partial charge in [0.05, 0.1) is 44.2 Å². The molecule has 0 aromatic rings. The monoisotopic (exact) mass is 918 g/mol. The fourth-order valence-corrected chi connectivity index (χ4v) is 13.6. The van der Waals surface area contributed by atoms with Crippen molar-refractivity contribution < 1.29 is 94.4 Å². The minimum Gasteiger partial charge on any atom is -0.394 e. The van der Waals surface area contributed by atoms with E-state index in [0.29, 0.717) is 25.7 Å². The largest absolute Gasteiger partial charge is 0.394 e. The number of fused-ring (bicyclic) bond motifs is 7. The Hall–Kier alpha value is -1.02. The van der Waals surface area contributed by atoms with E-state index in [1.54, 1.807) is 0 Å². The van der Waals surface area contributed by atoms with Crippen molar-refractivity contribution in [1.29, 1.82) is 0 Å². The Morgan fingerprint density at radius 2 is 1.38 bits per heavy atom. The number of ether oxygens (including phenoxy) is 7. The Labute approximate surface area is 373 Å². The zero-order valence-electron chi connectivity index (χ0n) is 37.4. The van der Waals surface area contributed by atoms with Crippen molar-refractivity contribution in [2.75, 3.05) is 19.8 Å². The van der Waals surface area contributed by atoms with Crippen molar-refractivity contribution in [2.45, 2.75) is 202 Å². The van der Waals surface area contributed by atoms with Gasteiger partial charge >= 0.3 is 0 Å². The van der Waals surface area contributed by atoms with Crippen molar-refractivity contribution in [3.05, 3.63) is 11.6 Å². The summed E-state index contributed by atoms with van der Waals surface area (Å²) < 4.78 is 42.3. The third-order valence-corrected chi connectivity index (χ3v) is 17.4. The second-order valence-corrected chi connectivity index (χ2v) is 21.1. The molecule has 8 rings (SSSR count). The van der Waals surface area contributed by atoms with Gasteiger partial charge in [0.15, 0.2) is 24.7 Å². The molecule has 0 spiro atoms. The van der Waals surface area contributed by atoms with Crippen LogP contribution in [0.3, 0.4) is 0 Å². The van der Waals surface area contributed by atoms with E-state index < -0.39 is 129 Å². The average Bonchev–Trinajstić information content (AvgIpc) is 3.70. The Morgan fingerprint density at radius 3 is 2.05 bits per heavy atom. The van der Waals surface area contributed by atoms with Gasteiger partial charge in [0.1, 0.15) is 67.1 Å². The molecule has 8 aliphatic rings. The fourth-order valence-electron chi connectivity index (χ4n) is 13.6. The van der Waals surface area contributed by atoms with Crippen LogP contribution in [0.15, 0.2) is 11.6 Å². The second-order valence-electron chi connectivity index (χ2n) is 21.1. The van der Waals surface area contributed by atoms with Crippen LogP contribution in [0.1, 0.15) is 86.0 Å². The molecule has 64 heavy (non-hydrogen) atoms. The molecular formula is C45H74O19. The zero-order chi connectivity index (χ0) is 46.4. The lowest BCUT2D eigenvalue weighted by Crippen LogP contribution is -2.64. The summed E-state index contributed by atoms with van der Waals surface area (Å²) >= 11 is 0. The molecule has 19 heteroatoms. The topological polar surface area (TPSA) is 307 Å². The Kier molecular flexibility index (Phi) is 14.4. The Morgan fingerprint density at radius 1 is 0.750 bits per heavy atom. The molecule has 3 saturated carbocycles. The zero-order valence-corrected chi connectivity index (χ0v) is 37.4. The van der Waals surface area contributed by atoms with E-state index in [-0.39, 0.29) is 53.6 Å². The Bertz CT molecular complexity index is 1640. The molecule has 0 bridgehead atoms. The average molecular weight is 919 g/mol. The van der Waals surface area contributed by atoms with Gasteiger partial charge in [0, 0.05) is 24.2 Å². The van der Waals surface area contributed by atoms with Gasteiger partial charge in [-0.15, -0.1) is 0 Å². The molecule has 4 aliphatic carbocycles. The molecule has 0 aromatic carbocycles. The van der Waals surface area contributed by atoms with Crippen LogP contribution in [-0.4, -0.2) is 197 Å². The van der Waals surface area contributed by atoms with E-state index in [4.69, 9.17) is 33.2 Å². The van der Waals surface area contributed by atoms with E-state index in [2.05, 4.69) is 26.8 Å². The van der Waals surface area contributed by atoms with Crippen molar-refractivity contribution in [2.24, 2.45) is 46.3 Å². The van der Waals surface area contributed by atoms with Crippen molar-refractivity contribution in [3.63, 3.8) is 0 Å². The molecule has 368 valence electrons. The quantitative estimate of drug-likeness (QED) is 0.0956. The number of allylic oxidation sites excluding steroid dienone is 1. The summed E-state index contributed by atoms with van der Waals surface area (Å²) in [6, 6.07) is 0. The van der Waals surface area contributed by atoms with Crippen LogP contribution >= 0.6 is 0 Å². The highest BCUT2D eigenvalue weighted by molar-refractivity contribution is 5.28. The van der Waals surface area contributed by atoms with Crippen LogP contribution in [0.5, 0.6) is 0 Å². The molecule has 4 aliphatic heterocycles. The van der Waals surface area contributed by atoms with E-state index in [1.807, 2.05) is 6.92 Å². The van der Waals surface area contributed by atoms with Crippen molar-refractivity contribution in [1.82, 2.24) is 0 Å². The van der Waals surface area contributed by atoms with Crippen molar-refractivity contribution in [3.8, 4) is 0 Å². The van der Waals surface area contributed by atoms with Gasteiger partial charge in [-0.25, -0.2) is 0 Å². The van der Waals surface area contributed by atoms with Crippen LogP contribution in [0.25, 0.3) is 0 Å². The molecule has 7 fully saturated rings. The first-order valence-electron chi connectivity index (χ1n) is 23.5. The van der Waals surface area contributed by atoms with Gasteiger partial charge in [-0.2, -0.15) is 0 Å². The molecular weight excluding hydrogens is 844 g/mol. The van der Waals surface area contributed by atoms with Gasteiger partial charge in [-0.1, -0.05) is 39.3 Å². The summed E-state index contributed by atoms with van der Waals surface area (Å²) in [7, 11) is 0. The maximum absolute atomic E-state index is 12.2. The van der Waals surface area contributed by atoms with Crippen LogP contribution in [0.4, 0.5) is 0 Å². The van der Waals surface area contributed by atoms with Gasteiger partial charge in [0.25, 0.3) is 0 Å². The summed E-state index contributed by atoms with van der Waals surface area (Å²) in [6.45, 7) is 8.84. The molecule has 4 heterocycles. The number of aliphatic hydroxyl groups is 12. The van der Waals surface area contributed by atoms with Crippen LogP contribution in [0.2, 0.25) is 0 Å². The molecule has 12 N–H and O–H groups in total. The molecule has 19 nitrogen and oxygen atoms in total. The second kappa shape index (κ2) is 18.7. The third-order valence-electron chi connectivity index (χ3n) is 17.4. The maximum Gasteiger partial charge on any atom is 0.187 e. The highest BCUT2D eigenvalue weighted by Crippen LogP contribution is 2.70. The molecule has 0 unspecified atom stereocenters. The molecule has 0 aromatic heterocycles. The van der Waals surface area contributed by atoms with Crippen LogP contribution in [0, 0.1) is 46.3 Å². The fraction of sp³-hybridized carbons (Fsp3) is 0.956. The molecule has 4 saturated heterocycles. The summed E-state index contributed by atoms with van der Waals surface area (Å²) in [5.74, 6) is -1.01. The van der Waals surface area contributed by atoms with E-state index in [1.165, 1.54) is 6.92 Å². The SMILES string of the molecule is C[C@H](CC[C@]1(O)O[C@H]2C[C@H]3[C@@H]4CC=C5C[C@@H](O)C[C@@H](O[C@@H]6O[C@H](CO)[C@H](O)[C@H](O)[C@H]6O)[C@]5(C)[C@H]4CC[C@]3(C)[C@H]2[C@@H]1C)CO[C@@H]1O[C@H](CO)[C@@H](O)[C@H](O)[C@H]1O[C@H]1O[C@@H](C)[C@H](O)[C@@H](O)[C@H]1O. The highest BCUT2D eigenvalue weighted by atomic mass is 16.8. The number of hydrogen-bond acceptors (Lipinski definition) is 19. The van der Waals surface area contributed by atoms with E-state index >= 15 is 0 Å². The number of hydrogen-bond donors (Lipinski definition) is 12. The van der Waals surface area contributed by atoms with Crippen LogP contribution < -0.4 is 0 Å². The number of rotatable bonds is 12. The minimum atomic E-state index is -1.69. The lowest BCUT2D eigenvalue weighted by atomic mass is 9.46. The van der Waals surface area contributed by atoms with Crippen LogP contribution in [-0.2, 0) is 33.2 Å². The lowest BCUT2D eigenvalue weighted by Gasteiger charge is -2.60. The first kappa shape index (κ1) is 49.4. The maximum atomic E-state index is 12.2.